The summed E-state index contributed by atoms with van der Waals surface area (Å²) in [5.41, 5.74) is 5.18. The van der Waals surface area contributed by atoms with Crippen molar-refractivity contribution in [2.45, 2.75) is 6.54 Å². The molecule has 1 N–H and O–H groups in total. The number of allylic oxidation sites excluding steroid dienone is 1. The smallest absolute Gasteiger partial charge is 0.335 e. The Labute approximate surface area is 203 Å². The van der Waals surface area contributed by atoms with Crippen molar-refractivity contribution in [1.82, 2.24) is 0 Å². The van der Waals surface area contributed by atoms with E-state index in [1.165, 1.54) is 0 Å². The molecule has 0 radical (unpaired) electrons. The molecule has 4 rings (SSSR count). The number of benzodiazepines with no additional fused rings is 1. The van der Waals surface area contributed by atoms with Gasteiger partial charge in [-0.15, -0.1) is 12.4 Å². The van der Waals surface area contributed by atoms with E-state index in [2.05, 4.69) is 17.0 Å². The van der Waals surface area contributed by atoms with E-state index in [4.69, 9.17) is 28.2 Å². The molecule has 0 saturated heterocycles. The summed E-state index contributed by atoms with van der Waals surface area (Å²) in [7, 11) is 0. The molecule has 0 aromatic heterocycles. The van der Waals surface area contributed by atoms with E-state index in [0.29, 0.717) is 28.7 Å². The number of nitrogens with zero attached hydrogens (tertiary/aromatic N) is 2. The predicted molar refractivity (Wildman–Crippen MR) is 135 cm³/mol. The lowest BCUT2D eigenvalue weighted by atomic mass is 10.0. The fourth-order valence-electron chi connectivity index (χ4n) is 3.58. The summed E-state index contributed by atoms with van der Waals surface area (Å²) in [5, 5.41) is 10.3. The number of fused-ring (bicyclic) bond motifs is 1. The van der Waals surface area contributed by atoms with Crippen molar-refractivity contribution in [3.8, 4) is 0 Å². The molecule has 0 spiro atoms. The number of halogens is 3. The third kappa shape index (κ3) is 5.52. The number of para-hydroxylation sites is 1. The summed E-state index contributed by atoms with van der Waals surface area (Å²) in [6.07, 6.45) is 3.97. The Kier molecular flexibility index (Phi) is 7.97. The standard InChI is InChI=1S/C25H20Cl2N2O2.ClH/c26-21-10-8-17(15-22(21)27)9-11-23-20-6-1-2-7-24(20)29(13-12-28-23)16-18-4-3-5-19(14-18)25(30)31;/h1-11,14-15H,12-13,16H2,(H,30,31);1H/b11-9+;. The highest BCUT2D eigenvalue weighted by atomic mass is 35.5. The van der Waals surface area contributed by atoms with Crippen molar-refractivity contribution >= 4 is 59.1 Å². The lowest BCUT2D eigenvalue weighted by Crippen LogP contribution is -2.25. The first-order valence-corrected chi connectivity index (χ1v) is 10.6. The average Bonchev–Trinajstić information content (AvgIpc) is 2.94. The van der Waals surface area contributed by atoms with Crippen molar-refractivity contribution in [3.63, 3.8) is 0 Å². The normalized spacial score (nSPS) is 13.2. The molecule has 0 fully saturated rings. The maximum Gasteiger partial charge on any atom is 0.335 e. The van der Waals surface area contributed by atoms with Crippen LogP contribution in [0.1, 0.15) is 27.0 Å². The number of carboxylic acid groups (broad SMARTS) is 1. The molecule has 1 aliphatic rings. The molecule has 7 heteroatoms. The summed E-state index contributed by atoms with van der Waals surface area (Å²) in [4.78, 5) is 18.3. The summed E-state index contributed by atoms with van der Waals surface area (Å²) in [6.45, 7) is 1.98. The van der Waals surface area contributed by atoms with E-state index < -0.39 is 5.97 Å². The Hall–Kier alpha value is -2.79. The Balaban J connectivity index is 0.00000289. The minimum absolute atomic E-state index is 0. The highest BCUT2D eigenvalue weighted by Gasteiger charge is 2.17. The van der Waals surface area contributed by atoms with Crippen LogP contribution in [0.2, 0.25) is 10.0 Å². The van der Waals surface area contributed by atoms with E-state index in [1.807, 2.05) is 42.5 Å². The van der Waals surface area contributed by atoms with Gasteiger partial charge < -0.3 is 10.0 Å². The van der Waals surface area contributed by atoms with Gasteiger partial charge in [0.1, 0.15) is 0 Å². The van der Waals surface area contributed by atoms with Crippen molar-refractivity contribution in [1.29, 1.82) is 0 Å². The van der Waals surface area contributed by atoms with Gasteiger partial charge in [-0.25, -0.2) is 4.79 Å². The van der Waals surface area contributed by atoms with Gasteiger partial charge in [-0.3, -0.25) is 4.99 Å². The summed E-state index contributed by atoms with van der Waals surface area (Å²) >= 11 is 12.1. The molecule has 1 aliphatic heterocycles. The second-order valence-corrected chi connectivity index (χ2v) is 8.03. The van der Waals surface area contributed by atoms with Crippen LogP contribution in [0, 0.1) is 0 Å². The van der Waals surface area contributed by atoms with E-state index in [9.17, 15) is 9.90 Å². The molecule has 0 aliphatic carbocycles. The van der Waals surface area contributed by atoms with Crippen LogP contribution in [0.25, 0.3) is 6.08 Å². The molecular weight excluding hydrogens is 467 g/mol. The first-order chi connectivity index (χ1) is 15.0. The fraction of sp³-hybridized carbons (Fsp3) is 0.120. The van der Waals surface area contributed by atoms with E-state index in [-0.39, 0.29) is 12.4 Å². The number of aromatic carboxylic acids is 1. The summed E-state index contributed by atoms with van der Waals surface area (Å²) in [6, 6.07) is 20.7. The monoisotopic (exact) mass is 486 g/mol. The van der Waals surface area contributed by atoms with Gasteiger partial charge in [0, 0.05) is 24.3 Å². The van der Waals surface area contributed by atoms with Gasteiger partial charge in [-0.1, -0.05) is 65.7 Å². The molecule has 0 saturated carbocycles. The lowest BCUT2D eigenvalue weighted by Gasteiger charge is -2.25. The minimum atomic E-state index is -0.920. The number of aliphatic imine (C=N–C) groups is 1. The fourth-order valence-corrected chi connectivity index (χ4v) is 3.89. The number of carbonyl (C=O) groups is 1. The number of hydrogen-bond acceptors (Lipinski definition) is 3. The van der Waals surface area contributed by atoms with Crippen molar-refractivity contribution in [2.75, 3.05) is 18.0 Å². The second kappa shape index (κ2) is 10.7. The van der Waals surface area contributed by atoms with Gasteiger partial charge in [0.2, 0.25) is 0 Å². The van der Waals surface area contributed by atoms with Crippen LogP contribution in [0.15, 0.2) is 77.8 Å². The number of carboxylic acids is 1. The van der Waals surface area contributed by atoms with Gasteiger partial charge in [0.25, 0.3) is 0 Å². The molecule has 0 atom stereocenters. The third-order valence-electron chi connectivity index (χ3n) is 5.10. The summed E-state index contributed by atoms with van der Waals surface area (Å²) < 4.78 is 0. The zero-order valence-corrected chi connectivity index (χ0v) is 19.4. The minimum Gasteiger partial charge on any atom is -0.478 e. The van der Waals surface area contributed by atoms with Gasteiger partial charge in [-0.2, -0.15) is 0 Å². The van der Waals surface area contributed by atoms with Gasteiger partial charge in [0.05, 0.1) is 27.9 Å². The molecule has 3 aromatic carbocycles. The molecule has 3 aromatic rings. The lowest BCUT2D eigenvalue weighted by molar-refractivity contribution is 0.0696. The Morgan fingerprint density at radius 1 is 1.00 bits per heavy atom. The predicted octanol–water partition coefficient (Wildman–Crippen LogP) is 6.64. The molecule has 0 unspecified atom stereocenters. The maximum absolute atomic E-state index is 11.3. The quantitative estimate of drug-likeness (QED) is 0.439. The van der Waals surface area contributed by atoms with Gasteiger partial charge in [0.15, 0.2) is 0 Å². The van der Waals surface area contributed by atoms with E-state index in [1.54, 1.807) is 24.3 Å². The topological polar surface area (TPSA) is 52.9 Å². The van der Waals surface area contributed by atoms with Crippen molar-refractivity contribution in [2.24, 2.45) is 4.99 Å². The molecule has 32 heavy (non-hydrogen) atoms. The first kappa shape index (κ1) is 23.9. The molecular formula is C25H21Cl3N2O2. The zero-order valence-electron chi connectivity index (χ0n) is 17.0. The van der Waals surface area contributed by atoms with Crippen LogP contribution in [-0.2, 0) is 6.54 Å². The maximum atomic E-state index is 11.3. The number of benzene rings is 3. The Bertz CT molecular complexity index is 1190. The first-order valence-electron chi connectivity index (χ1n) is 9.85. The van der Waals surface area contributed by atoms with Crippen LogP contribution in [0.4, 0.5) is 5.69 Å². The van der Waals surface area contributed by atoms with Crippen molar-refractivity contribution < 1.29 is 9.90 Å². The highest BCUT2D eigenvalue weighted by molar-refractivity contribution is 6.42. The number of rotatable bonds is 5. The number of anilines is 1. The van der Waals surface area contributed by atoms with Crippen molar-refractivity contribution in [3.05, 3.63) is 105 Å². The third-order valence-corrected chi connectivity index (χ3v) is 5.84. The zero-order chi connectivity index (χ0) is 21.8. The number of hydrogen-bond donors (Lipinski definition) is 1. The molecule has 164 valence electrons. The molecule has 4 nitrogen and oxygen atoms in total. The van der Waals surface area contributed by atoms with Crippen LogP contribution in [0.3, 0.4) is 0 Å². The Morgan fingerprint density at radius 2 is 1.81 bits per heavy atom. The van der Waals surface area contributed by atoms with E-state index >= 15 is 0 Å². The van der Waals surface area contributed by atoms with Crippen LogP contribution in [0.5, 0.6) is 0 Å². The van der Waals surface area contributed by atoms with Crippen LogP contribution < -0.4 is 4.90 Å². The molecule has 1 heterocycles. The highest BCUT2D eigenvalue weighted by Crippen LogP contribution is 2.27. The largest absolute Gasteiger partial charge is 0.478 e. The Morgan fingerprint density at radius 3 is 2.59 bits per heavy atom. The average molecular weight is 488 g/mol. The molecule has 0 bridgehead atoms. The summed E-state index contributed by atoms with van der Waals surface area (Å²) in [5.74, 6) is -0.920. The van der Waals surface area contributed by atoms with Gasteiger partial charge >= 0.3 is 5.97 Å². The SMILES string of the molecule is Cl.O=C(O)c1cccc(CN2CCN=C(/C=C/c3ccc(Cl)c(Cl)c3)c3ccccc32)c1. The van der Waals surface area contributed by atoms with Gasteiger partial charge in [-0.05, 0) is 47.5 Å². The molecule has 0 amide bonds. The van der Waals surface area contributed by atoms with Crippen LogP contribution in [-0.4, -0.2) is 29.9 Å². The van der Waals surface area contributed by atoms with Crippen LogP contribution >= 0.6 is 35.6 Å². The van der Waals surface area contributed by atoms with E-state index in [0.717, 1.165) is 34.6 Å². The second-order valence-electron chi connectivity index (χ2n) is 7.22.